The van der Waals surface area contributed by atoms with E-state index in [1.807, 2.05) is 6.07 Å². The van der Waals surface area contributed by atoms with Gasteiger partial charge in [-0.1, -0.05) is 30.0 Å². The quantitative estimate of drug-likeness (QED) is 0.526. The molecule has 2 aromatic heterocycles. The number of pyridine rings is 1. The normalized spacial score (nSPS) is 15.7. The van der Waals surface area contributed by atoms with E-state index in [-0.39, 0.29) is 11.7 Å². The second kappa shape index (κ2) is 6.47. The molecule has 1 aliphatic rings. The van der Waals surface area contributed by atoms with Crippen molar-refractivity contribution in [1.82, 2.24) is 10.3 Å². The monoisotopic (exact) mass is 384 g/mol. The van der Waals surface area contributed by atoms with Crippen molar-refractivity contribution in [1.29, 1.82) is 0 Å². The molecule has 0 bridgehead atoms. The number of fused-ring (bicyclic) bond motifs is 1. The highest BCUT2D eigenvalue weighted by Gasteiger charge is 2.23. The standard InChI is InChI=1S/C18H12N2O4S2/c1-23-14-5-9(2-3-13(14)21)12-8-19-7-10-4-11(24-16(10)12)6-15-17(22)20-18(25)26-15/h2-8,21H,1H3,(H,20,22,25)/b15-6+. The fourth-order valence-electron chi connectivity index (χ4n) is 2.65. The van der Waals surface area contributed by atoms with E-state index in [4.69, 9.17) is 21.4 Å². The highest BCUT2D eigenvalue weighted by molar-refractivity contribution is 8.26. The van der Waals surface area contributed by atoms with Crippen molar-refractivity contribution in [2.45, 2.75) is 0 Å². The van der Waals surface area contributed by atoms with Crippen molar-refractivity contribution in [3.63, 3.8) is 0 Å². The molecule has 1 aromatic carbocycles. The largest absolute Gasteiger partial charge is 0.504 e. The van der Waals surface area contributed by atoms with Crippen molar-refractivity contribution < 1.29 is 19.1 Å². The second-order valence-corrected chi connectivity index (χ2v) is 7.21. The number of methoxy groups -OCH3 is 1. The number of furan rings is 1. The number of carbonyl (C=O) groups is 1. The predicted octanol–water partition coefficient (Wildman–Crippen LogP) is 3.70. The number of thiocarbonyl (C=S) groups is 1. The minimum Gasteiger partial charge on any atom is -0.504 e. The van der Waals surface area contributed by atoms with Crippen LogP contribution < -0.4 is 10.1 Å². The van der Waals surface area contributed by atoms with Crippen LogP contribution >= 0.6 is 24.0 Å². The van der Waals surface area contributed by atoms with E-state index in [1.165, 1.54) is 18.9 Å². The number of carbonyl (C=O) groups excluding carboxylic acids is 1. The maximum Gasteiger partial charge on any atom is 0.263 e. The Bertz CT molecular complexity index is 1090. The zero-order valence-electron chi connectivity index (χ0n) is 13.5. The highest BCUT2D eigenvalue weighted by atomic mass is 32.2. The van der Waals surface area contributed by atoms with Crippen molar-refractivity contribution in [2.75, 3.05) is 7.11 Å². The Labute approximate surface area is 157 Å². The van der Waals surface area contributed by atoms with E-state index in [2.05, 4.69) is 10.3 Å². The van der Waals surface area contributed by atoms with Crippen LogP contribution in [0.4, 0.5) is 0 Å². The van der Waals surface area contributed by atoms with E-state index >= 15 is 0 Å². The average molecular weight is 384 g/mol. The van der Waals surface area contributed by atoms with Crippen LogP contribution in [0.25, 0.3) is 28.2 Å². The molecule has 8 heteroatoms. The Morgan fingerprint density at radius 3 is 2.92 bits per heavy atom. The van der Waals surface area contributed by atoms with Crippen LogP contribution in [0.5, 0.6) is 11.5 Å². The predicted molar refractivity (Wildman–Crippen MR) is 104 cm³/mol. The summed E-state index contributed by atoms with van der Waals surface area (Å²) in [6.45, 7) is 0. The lowest BCUT2D eigenvalue weighted by Crippen LogP contribution is -2.17. The van der Waals surface area contributed by atoms with Crippen LogP contribution in [-0.2, 0) is 4.79 Å². The number of amides is 1. The maximum absolute atomic E-state index is 11.8. The summed E-state index contributed by atoms with van der Waals surface area (Å²) in [4.78, 5) is 16.5. The van der Waals surface area contributed by atoms with Gasteiger partial charge < -0.3 is 19.6 Å². The molecule has 0 atom stereocenters. The first-order valence-electron chi connectivity index (χ1n) is 7.55. The molecule has 1 amide bonds. The first kappa shape index (κ1) is 16.6. The molecule has 26 heavy (non-hydrogen) atoms. The van der Waals surface area contributed by atoms with Gasteiger partial charge in [0.25, 0.3) is 5.91 Å². The lowest BCUT2D eigenvalue weighted by atomic mass is 10.1. The van der Waals surface area contributed by atoms with Gasteiger partial charge in [0.15, 0.2) is 11.5 Å². The minimum atomic E-state index is -0.234. The van der Waals surface area contributed by atoms with Crippen molar-refractivity contribution >= 4 is 51.3 Å². The van der Waals surface area contributed by atoms with Crippen molar-refractivity contribution in [3.8, 4) is 22.6 Å². The van der Waals surface area contributed by atoms with Crippen molar-refractivity contribution in [2.24, 2.45) is 0 Å². The fourth-order valence-corrected chi connectivity index (χ4v) is 3.68. The summed E-state index contributed by atoms with van der Waals surface area (Å²) in [5.41, 5.74) is 2.18. The van der Waals surface area contributed by atoms with Gasteiger partial charge in [-0.3, -0.25) is 9.78 Å². The number of hydrogen-bond acceptors (Lipinski definition) is 7. The first-order valence-corrected chi connectivity index (χ1v) is 8.77. The molecule has 3 heterocycles. The summed E-state index contributed by atoms with van der Waals surface area (Å²) >= 11 is 6.19. The van der Waals surface area contributed by atoms with E-state index in [9.17, 15) is 9.90 Å². The Hall–Kier alpha value is -2.84. The van der Waals surface area contributed by atoms with Crippen LogP contribution in [0.3, 0.4) is 0 Å². The van der Waals surface area contributed by atoms with Gasteiger partial charge in [-0.25, -0.2) is 0 Å². The molecule has 0 unspecified atom stereocenters. The molecule has 1 aliphatic heterocycles. The van der Waals surface area contributed by atoms with Gasteiger partial charge in [0.05, 0.1) is 12.0 Å². The maximum atomic E-state index is 11.8. The number of benzene rings is 1. The minimum absolute atomic E-state index is 0.0569. The molecule has 6 nitrogen and oxygen atoms in total. The third-order valence-corrected chi connectivity index (χ3v) is 5.01. The zero-order valence-corrected chi connectivity index (χ0v) is 15.1. The summed E-state index contributed by atoms with van der Waals surface area (Å²) < 4.78 is 11.5. The number of aromatic nitrogens is 1. The number of ether oxygens (including phenoxy) is 1. The van der Waals surface area contributed by atoms with Gasteiger partial charge in [-0.2, -0.15) is 0 Å². The number of aromatic hydroxyl groups is 1. The number of phenolic OH excluding ortho intramolecular Hbond substituents is 1. The van der Waals surface area contributed by atoms with Gasteiger partial charge >= 0.3 is 0 Å². The number of rotatable bonds is 3. The molecular formula is C18H12N2O4S2. The van der Waals surface area contributed by atoms with Gasteiger partial charge in [-0.15, -0.1) is 0 Å². The van der Waals surface area contributed by atoms with Crippen LogP contribution in [-0.4, -0.2) is 27.4 Å². The fraction of sp³-hybridized carbons (Fsp3) is 0.0556. The topological polar surface area (TPSA) is 84.6 Å². The smallest absolute Gasteiger partial charge is 0.263 e. The first-order chi connectivity index (χ1) is 12.5. The molecule has 130 valence electrons. The Morgan fingerprint density at radius 2 is 2.19 bits per heavy atom. The van der Waals surface area contributed by atoms with Gasteiger partial charge in [-0.05, 0) is 23.8 Å². The van der Waals surface area contributed by atoms with Gasteiger partial charge in [0.2, 0.25) is 0 Å². The number of hydrogen-bond donors (Lipinski definition) is 2. The lowest BCUT2D eigenvalue weighted by molar-refractivity contribution is -0.115. The SMILES string of the molecule is COc1cc(-c2cncc3cc(/C=C4/SC(=S)NC4=O)oc23)ccc1O. The van der Waals surface area contributed by atoms with E-state index < -0.39 is 0 Å². The van der Waals surface area contributed by atoms with E-state index in [1.54, 1.807) is 36.7 Å². The molecular weight excluding hydrogens is 372 g/mol. The molecule has 4 rings (SSSR count). The Kier molecular flexibility index (Phi) is 4.14. The van der Waals surface area contributed by atoms with Gasteiger partial charge in [0, 0.05) is 29.4 Å². The van der Waals surface area contributed by atoms with Crippen LogP contribution in [0.2, 0.25) is 0 Å². The third-order valence-electron chi connectivity index (χ3n) is 3.85. The van der Waals surface area contributed by atoms with Crippen LogP contribution in [0.15, 0.2) is 46.0 Å². The summed E-state index contributed by atoms with van der Waals surface area (Å²) in [5.74, 6) is 0.715. The lowest BCUT2D eigenvalue weighted by Gasteiger charge is -2.07. The van der Waals surface area contributed by atoms with Crippen LogP contribution in [0.1, 0.15) is 5.76 Å². The number of thioether (sulfide) groups is 1. The second-order valence-electron chi connectivity index (χ2n) is 5.49. The molecule has 0 saturated carbocycles. The van der Waals surface area contributed by atoms with E-state index in [0.29, 0.717) is 26.3 Å². The number of nitrogens with zero attached hydrogens (tertiary/aromatic N) is 1. The summed E-state index contributed by atoms with van der Waals surface area (Å²) in [6.07, 6.45) is 5.02. The molecule has 0 spiro atoms. The summed E-state index contributed by atoms with van der Waals surface area (Å²) in [6, 6.07) is 6.84. The van der Waals surface area contributed by atoms with E-state index in [0.717, 1.165) is 16.5 Å². The molecule has 0 aliphatic carbocycles. The third kappa shape index (κ3) is 2.93. The molecule has 3 aromatic rings. The van der Waals surface area contributed by atoms with Gasteiger partial charge in [0.1, 0.15) is 15.7 Å². The highest BCUT2D eigenvalue weighted by Crippen LogP contribution is 2.36. The molecule has 1 fully saturated rings. The number of phenols is 1. The molecule has 2 N–H and O–H groups in total. The Balaban J connectivity index is 1.81. The van der Waals surface area contributed by atoms with Crippen LogP contribution in [0, 0.1) is 0 Å². The summed E-state index contributed by atoms with van der Waals surface area (Å²) in [7, 11) is 1.49. The zero-order chi connectivity index (χ0) is 18.3. The van der Waals surface area contributed by atoms with Crippen molar-refractivity contribution in [3.05, 3.63) is 47.3 Å². The summed E-state index contributed by atoms with van der Waals surface area (Å²) in [5, 5.41) is 13.2. The molecule has 1 saturated heterocycles. The Morgan fingerprint density at radius 1 is 1.35 bits per heavy atom. The number of nitrogens with one attached hydrogen (secondary N) is 1. The molecule has 0 radical (unpaired) electrons. The average Bonchev–Trinajstić information content (AvgIpc) is 3.17.